The molecule has 0 heterocycles. The van der Waals surface area contributed by atoms with Gasteiger partial charge < -0.3 is 5.73 Å². The summed E-state index contributed by atoms with van der Waals surface area (Å²) < 4.78 is 0. The molecule has 0 aliphatic rings. The van der Waals surface area contributed by atoms with Gasteiger partial charge in [-0.05, 0) is 42.3 Å². The third kappa shape index (κ3) is 4.16. The van der Waals surface area contributed by atoms with Crippen molar-refractivity contribution in [3.8, 4) is 0 Å². The van der Waals surface area contributed by atoms with Crippen LogP contribution in [0.25, 0.3) is 0 Å². The normalized spacial score (nSPS) is 14.0. The molecule has 0 aliphatic carbocycles. The predicted molar refractivity (Wildman–Crippen MR) is 89.8 cm³/mol. The average Bonchev–Trinajstić information content (AvgIpc) is 2.44. The van der Waals surface area contributed by atoms with E-state index in [4.69, 9.17) is 28.9 Å². The first-order valence-electron chi connectivity index (χ1n) is 6.53. The summed E-state index contributed by atoms with van der Waals surface area (Å²) in [6.45, 7) is 2.10. The first kappa shape index (κ1) is 15.7. The molecule has 2 aromatic rings. The lowest BCUT2D eigenvalue weighted by atomic mass is 10.0. The Morgan fingerprint density at radius 2 is 1.70 bits per heavy atom. The molecule has 2 N–H and O–H groups in total. The van der Waals surface area contributed by atoms with E-state index in [1.54, 1.807) is 11.8 Å². The van der Waals surface area contributed by atoms with Crippen molar-refractivity contribution in [3.05, 3.63) is 64.1 Å². The lowest BCUT2D eigenvalue weighted by Crippen LogP contribution is -2.25. The quantitative estimate of drug-likeness (QED) is 0.728. The van der Waals surface area contributed by atoms with Crippen molar-refractivity contribution in [1.29, 1.82) is 0 Å². The highest BCUT2D eigenvalue weighted by Crippen LogP contribution is 2.39. The molecule has 2 unspecified atom stereocenters. The van der Waals surface area contributed by atoms with Crippen LogP contribution in [0, 0.1) is 0 Å². The summed E-state index contributed by atoms with van der Waals surface area (Å²) in [5.41, 5.74) is 7.44. The summed E-state index contributed by atoms with van der Waals surface area (Å²) >= 11 is 13.9. The summed E-state index contributed by atoms with van der Waals surface area (Å²) in [7, 11) is 0. The Morgan fingerprint density at radius 3 is 2.30 bits per heavy atom. The molecule has 2 atom stereocenters. The van der Waals surface area contributed by atoms with Crippen molar-refractivity contribution in [2.24, 2.45) is 5.73 Å². The van der Waals surface area contributed by atoms with Gasteiger partial charge in [0, 0.05) is 26.2 Å². The van der Waals surface area contributed by atoms with Gasteiger partial charge in [0.2, 0.25) is 0 Å². The standard InChI is InChI=1S/C16H17Cl2NS/c1-2-15(19)16(11-5-3-6-12(17)9-11)20-14-8-4-7-13(18)10-14/h3-10,15-16H,2,19H2,1H3. The van der Waals surface area contributed by atoms with Gasteiger partial charge in [0.1, 0.15) is 0 Å². The van der Waals surface area contributed by atoms with E-state index in [1.165, 1.54) is 0 Å². The van der Waals surface area contributed by atoms with Crippen LogP contribution in [-0.4, -0.2) is 6.04 Å². The maximum absolute atomic E-state index is 6.29. The molecule has 20 heavy (non-hydrogen) atoms. The highest BCUT2D eigenvalue weighted by molar-refractivity contribution is 7.99. The molecular weight excluding hydrogens is 309 g/mol. The molecule has 0 saturated carbocycles. The molecule has 0 aliphatic heterocycles. The van der Waals surface area contributed by atoms with Crippen LogP contribution in [0.2, 0.25) is 10.0 Å². The Hall–Kier alpha value is -0.670. The molecule has 2 rings (SSSR count). The van der Waals surface area contributed by atoms with Crippen LogP contribution < -0.4 is 5.73 Å². The number of hydrogen-bond donors (Lipinski definition) is 1. The fourth-order valence-electron chi connectivity index (χ4n) is 1.99. The Labute approximate surface area is 134 Å². The van der Waals surface area contributed by atoms with Crippen LogP contribution in [-0.2, 0) is 0 Å². The van der Waals surface area contributed by atoms with E-state index in [9.17, 15) is 0 Å². The maximum atomic E-state index is 6.29. The van der Waals surface area contributed by atoms with Crippen LogP contribution in [0.3, 0.4) is 0 Å². The third-order valence-corrected chi connectivity index (χ3v) is 4.97. The molecule has 106 valence electrons. The lowest BCUT2D eigenvalue weighted by Gasteiger charge is -2.23. The van der Waals surface area contributed by atoms with Gasteiger partial charge in [0.15, 0.2) is 0 Å². The molecular formula is C16H17Cl2NS. The van der Waals surface area contributed by atoms with Crippen molar-refractivity contribution in [1.82, 2.24) is 0 Å². The molecule has 0 spiro atoms. The number of benzene rings is 2. The number of rotatable bonds is 5. The van der Waals surface area contributed by atoms with Gasteiger partial charge in [-0.1, -0.05) is 48.3 Å². The fraction of sp³-hybridized carbons (Fsp3) is 0.250. The molecule has 1 nitrogen and oxygen atoms in total. The molecule has 0 fully saturated rings. The molecule has 0 saturated heterocycles. The van der Waals surface area contributed by atoms with Crippen molar-refractivity contribution < 1.29 is 0 Å². The van der Waals surface area contributed by atoms with E-state index in [0.717, 1.165) is 26.9 Å². The van der Waals surface area contributed by atoms with Gasteiger partial charge in [-0.2, -0.15) is 0 Å². The van der Waals surface area contributed by atoms with E-state index in [2.05, 4.69) is 19.1 Å². The second-order valence-electron chi connectivity index (χ2n) is 4.62. The summed E-state index contributed by atoms with van der Waals surface area (Å²) in [5, 5.41) is 1.64. The van der Waals surface area contributed by atoms with Crippen LogP contribution in [0.4, 0.5) is 0 Å². The molecule has 0 radical (unpaired) electrons. The Kier molecular flexibility index (Phi) is 5.79. The Bertz CT molecular complexity index is 574. The second kappa shape index (κ2) is 7.37. The zero-order valence-corrected chi connectivity index (χ0v) is 13.6. The van der Waals surface area contributed by atoms with Gasteiger partial charge in [0.25, 0.3) is 0 Å². The van der Waals surface area contributed by atoms with E-state index in [-0.39, 0.29) is 11.3 Å². The predicted octanol–water partition coefficient (Wildman–Crippen LogP) is 5.56. The first-order chi connectivity index (χ1) is 9.60. The summed E-state index contributed by atoms with van der Waals surface area (Å²) in [6.07, 6.45) is 0.907. The fourth-order valence-corrected chi connectivity index (χ4v) is 3.74. The topological polar surface area (TPSA) is 26.0 Å². The summed E-state index contributed by atoms with van der Waals surface area (Å²) in [4.78, 5) is 1.12. The van der Waals surface area contributed by atoms with Crippen LogP contribution in [0.5, 0.6) is 0 Å². The van der Waals surface area contributed by atoms with Crippen LogP contribution in [0.15, 0.2) is 53.4 Å². The van der Waals surface area contributed by atoms with E-state index in [0.29, 0.717) is 0 Å². The second-order valence-corrected chi connectivity index (χ2v) is 6.71. The van der Waals surface area contributed by atoms with Crippen molar-refractivity contribution >= 4 is 35.0 Å². The first-order valence-corrected chi connectivity index (χ1v) is 8.17. The smallest absolute Gasteiger partial charge is 0.0495 e. The number of hydrogen-bond acceptors (Lipinski definition) is 2. The van der Waals surface area contributed by atoms with Crippen LogP contribution >= 0.6 is 35.0 Å². The highest BCUT2D eigenvalue weighted by Gasteiger charge is 2.20. The van der Waals surface area contributed by atoms with Crippen molar-refractivity contribution in [2.45, 2.75) is 29.5 Å². The lowest BCUT2D eigenvalue weighted by molar-refractivity contribution is 0.634. The third-order valence-electron chi connectivity index (χ3n) is 3.10. The monoisotopic (exact) mass is 325 g/mol. The zero-order valence-electron chi connectivity index (χ0n) is 11.2. The van der Waals surface area contributed by atoms with Crippen molar-refractivity contribution in [3.63, 3.8) is 0 Å². The largest absolute Gasteiger partial charge is 0.326 e. The summed E-state index contributed by atoms with van der Waals surface area (Å²) in [5.74, 6) is 0. The van der Waals surface area contributed by atoms with Crippen molar-refractivity contribution in [2.75, 3.05) is 0 Å². The molecule has 2 aromatic carbocycles. The van der Waals surface area contributed by atoms with E-state index < -0.39 is 0 Å². The van der Waals surface area contributed by atoms with Gasteiger partial charge in [-0.15, -0.1) is 11.8 Å². The number of thioether (sulfide) groups is 1. The molecule has 0 aromatic heterocycles. The molecule has 0 bridgehead atoms. The van der Waals surface area contributed by atoms with Gasteiger partial charge in [-0.3, -0.25) is 0 Å². The SMILES string of the molecule is CCC(N)C(Sc1cccc(Cl)c1)c1cccc(Cl)c1. The Balaban J connectivity index is 2.29. The minimum Gasteiger partial charge on any atom is -0.326 e. The number of halogens is 2. The van der Waals surface area contributed by atoms with Gasteiger partial charge in [-0.25, -0.2) is 0 Å². The average molecular weight is 326 g/mol. The van der Waals surface area contributed by atoms with Gasteiger partial charge >= 0.3 is 0 Å². The minimum absolute atomic E-state index is 0.0671. The van der Waals surface area contributed by atoms with E-state index >= 15 is 0 Å². The summed E-state index contributed by atoms with van der Waals surface area (Å²) in [6, 6.07) is 15.8. The zero-order chi connectivity index (χ0) is 14.5. The van der Waals surface area contributed by atoms with E-state index in [1.807, 2.05) is 36.4 Å². The molecule has 0 amide bonds. The minimum atomic E-state index is 0.0671. The maximum Gasteiger partial charge on any atom is 0.0495 e. The number of nitrogens with two attached hydrogens (primary N) is 1. The molecule has 4 heteroatoms. The van der Waals surface area contributed by atoms with Crippen LogP contribution in [0.1, 0.15) is 24.2 Å². The Morgan fingerprint density at radius 1 is 1.05 bits per heavy atom. The van der Waals surface area contributed by atoms with Gasteiger partial charge in [0.05, 0.1) is 0 Å². The highest BCUT2D eigenvalue weighted by atomic mass is 35.5.